The lowest BCUT2D eigenvalue weighted by molar-refractivity contribution is -0.137. The summed E-state index contributed by atoms with van der Waals surface area (Å²) in [6, 6.07) is 13.6. The van der Waals surface area contributed by atoms with Gasteiger partial charge in [-0.3, -0.25) is 14.4 Å². The van der Waals surface area contributed by atoms with Crippen LogP contribution >= 0.6 is 0 Å². The van der Waals surface area contributed by atoms with Crippen molar-refractivity contribution in [2.75, 3.05) is 6.54 Å². The number of ketones is 2. The summed E-state index contributed by atoms with van der Waals surface area (Å²) in [4.78, 5) is 39.8. The van der Waals surface area contributed by atoms with Gasteiger partial charge in [0.25, 0.3) is 0 Å². The van der Waals surface area contributed by atoms with E-state index in [0.29, 0.717) is 49.2 Å². The molecule has 0 saturated carbocycles. The number of carbonyl (C=O) groups is 3. The number of carboxylic acid groups (broad SMARTS) is 1. The molecule has 1 N–H and O–H groups in total. The fourth-order valence-corrected chi connectivity index (χ4v) is 5.53. The number of ether oxygens (including phenoxy) is 1. The molecule has 2 aliphatic carbocycles. The van der Waals surface area contributed by atoms with Gasteiger partial charge in [-0.2, -0.15) is 0 Å². The Morgan fingerprint density at radius 2 is 1.47 bits per heavy atom. The smallest absolute Gasteiger partial charge is 0.305 e. The quantitative estimate of drug-likeness (QED) is 0.569. The molecule has 0 radical (unpaired) electrons. The summed E-state index contributed by atoms with van der Waals surface area (Å²) in [7, 11) is 0. The number of rotatable bonds is 7. The normalized spacial score (nSPS) is 18.3. The predicted molar refractivity (Wildman–Crippen MR) is 131 cm³/mol. The van der Waals surface area contributed by atoms with Crippen molar-refractivity contribution >= 4 is 17.5 Å². The van der Waals surface area contributed by atoms with E-state index in [2.05, 4.69) is 0 Å². The summed E-state index contributed by atoms with van der Waals surface area (Å²) in [6.45, 7) is 0.555. The third-order valence-corrected chi connectivity index (χ3v) is 7.17. The summed E-state index contributed by atoms with van der Waals surface area (Å²) in [5.41, 5.74) is 4.73. The molecule has 1 aliphatic heterocycles. The number of nitrogens with zero attached hydrogens (tertiary/aromatic N) is 1. The van der Waals surface area contributed by atoms with E-state index in [0.717, 1.165) is 35.4 Å². The van der Waals surface area contributed by atoms with Crippen LogP contribution < -0.4 is 4.74 Å². The Labute approximate surface area is 209 Å². The minimum Gasteiger partial charge on any atom is -0.489 e. The Hall–Kier alpha value is -3.74. The van der Waals surface area contributed by atoms with E-state index in [1.165, 1.54) is 12.1 Å². The average Bonchev–Trinajstić information content (AvgIpc) is 2.87. The van der Waals surface area contributed by atoms with Crippen molar-refractivity contribution < 1.29 is 28.6 Å². The molecule has 1 heterocycles. The zero-order chi connectivity index (χ0) is 25.2. The Morgan fingerprint density at radius 3 is 2.03 bits per heavy atom. The highest BCUT2D eigenvalue weighted by Gasteiger charge is 2.43. The van der Waals surface area contributed by atoms with E-state index in [1.807, 2.05) is 29.2 Å². The van der Waals surface area contributed by atoms with Gasteiger partial charge in [0.1, 0.15) is 18.2 Å². The molecule has 0 fully saturated rings. The molecular weight excluding hydrogens is 461 g/mol. The lowest BCUT2D eigenvalue weighted by atomic mass is 9.71. The Kier molecular flexibility index (Phi) is 6.72. The molecule has 0 aromatic heterocycles. The first-order chi connectivity index (χ1) is 17.4. The molecule has 0 atom stereocenters. The SMILES string of the molecule is O=C(O)CCN1C2=C(C(=O)CCC2)C(c2ccc(OCc3ccc(F)cc3)cc2)C2=C1CCCC2=O. The van der Waals surface area contributed by atoms with Gasteiger partial charge in [0.15, 0.2) is 11.6 Å². The summed E-state index contributed by atoms with van der Waals surface area (Å²) in [5, 5.41) is 9.30. The molecule has 6 nitrogen and oxygen atoms in total. The number of allylic oxidation sites excluding steroid dienone is 4. The topological polar surface area (TPSA) is 83.9 Å². The molecule has 0 bridgehead atoms. The Bertz CT molecular complexity index is 1220. The Balaban J connectivity index is 1.48. The second kappa shape index (κ2) is 10.1. The van der Waals surface area contributed by atoms with Gasteiger partial charge < -0.3 is 14.7 Å². The third-order valence-electron chi connectivity index (χ3n) is 7.17. The van der Waals surface area contributed by atoms with Gasteiger partial charge >= 0.3 is 5.97 Å². The first-order valence-corrected chi connectivity index (χ1v) is 12.4. The van der Waals surface area contributed by atoms with E-state index in [-0.39, 0.29) is 30.3 Å². The summed E-state index contributed by atoms with van der Waals surface area (Å²) in [6.07, 6.45) is 3.64. The number of aliphatic carboxylic acids is 1. The molecule has 2 aromatic carbocycles. The van der Waals surface area contributed by atoms with Crippen LogP contribution in [0.4, 0.5) is 4.39 Å². The van der Waals surface area contributed by atoms with Gasteiger partial charge in [-0.25, -0.2) is 4.39 Å². The number of hydrogen-bond acceptors (Lipinski definition) is 5. The Morgan fingerprint density at radius 1 is 0.889 bits per heavy atom. The highest BCUT2D eigenvalue weighted by Crippen LogP contribution is 2.49. The molecule has 5 rings (SSSR count). The van der Waals surface area contributed by atoms with Crippen LogP contribution in [0.2, 0.25) is 0 Å². The monoisotopic (exact) mass is 489 g/mol. The summed E-state index contributed by atoms with van der Waals surface area (Å²) in [5.74, 6) is -0.944. The lowest BCUT2D eigenvalue weighted by Gasteiger charge is -2.44. The zero-order valence-corrected chi connectivity index (χ0v) is 20.0. The van der Waals surface area contributed by atoms with Crippen molar-refractivity contribution in [3.8, 4) is 5.75 Å². The van der Waals surface area contributed by atoms with Crippen LogP contribution in [-0.4, -0.2) is 34.1 Å². The minimum atomic E-state index is -0.901. The lowest BCUT2D eigenvalue weighted by Crippen LogP contribution is -2.39. The number of benzene rings is 2. The van der Waals surface area contributed by atoms with Crippen molar-refractivity contribution in [1.29, 1.82) is 0 Å². The van der Waals surface area contributed by atoms with Gasteiger partial charge in [-0.05, 0) is 61.1 Å². The maximum Gasteiger partial charge on any atom is 0.305 e. The van der Waals surface area contributed by atoms with E-state index in [9.17, 15) is 23.9 Å². The predicted octanol–water partition coefficient (Wildman–Crippen LogP) is 5.29. The molecule has 0 amide bonds. The van der Waals surface area contributed by atoms with Crippen LogP contribution in [0, 0.1) is 5.82 Å². The van der Waals surface area contributed by atoms with E-state index in [1.54, 1.807) is 12.1 Å². The summed E-state index contributed by atoms with van der Waals surface area (Å²) >= 11 is 0. The van der Waals surface area contributed by atoms with E-state index in [4.69, 9.17) is 4.74 Å². The van der Waals surface area contributed by atoms with Crippen LogP contribution in [0.3, 0.4) is 0 Å². The fourth-order valence-electron chi connectivity index (χ4n) is 5.53. The van der Waals surface area contributed by atoms with Crippen molar-refractivity contribution in [3.05, 3.63) is 88.0 Å². The first kappa shape index (κ1) is 24.0. The molecule has 0 unspecified atom stereocenters. The fraction of sp³-hybridized carbons (Fsp3) is 0.345. The zero-order valence-electron chi connectivity index (χ0n) is 20.0. The largest absolute Gasteiger partial charge is 0.489 e. The molecule has 186 valence electrons. The number of halogens is 1. The van der Waals surface area contributed by atoms with Crippen LogP contribution in [0.1, 0.15) is 62.0 Å². The maximum absolute atomic E-state index is 13.2. The van der Waals surface area contributed by atoms with Crippen molar-refractivity contribution in [2.24, 2.45) is 0 Å². The van der Waals surface area contributed by atoms with Gasteiger partial charge in [0.05, 0.1) is 6.42 Å². The molecular formula is C29H28FNO5. The number of carbonyl (C=O) groups excluding carboxylic acids is 2. The highest BCUT2D eigenvalue weighted by atomic mass is 19.1. The molecule has 0 spiro atoms. The van der Waals surface area contributed by atoms with Crippen LogP contribution in [0.5, 0.6) is 5.75 Å². The average molecular weight is 490 g/mol. The highest BCUT2D eigenvalue weighted by molar-refractivity contribution is 6.06. The van der Waals surface area contributed by atoms with Crippen molar-refractivity contribution in [3.63, 3.8) is 0 Å². The van der Waals surface area contributed by atoms with Gasteiger partial charge in [-0.1, -0.05) is 24.3 Å². The molecule has 3 aliphatic rings. The van der Waals surface area contributed by atoms with Crippen molar-refractivity contribution in [1.82, 2.24) is 4.90 Å². The van der Waals surface area contributed by atoms with Gasteiger partial charge in [0, 0.05) is 47.8 Å². The molecule has 2 aromatic rings. The van der Waals surface area contributed by atoms with Crippen LogP contribution in [-0.2, 0) is 21.0 Å². The van der Waals surface area contributed by atoms with Gasteiger partial charge in [0.2, 0.25) is 0 Å². The number of hydrogen-bond donors (Lipinski definition) is 1. The molecule has 7 heteroatoms. The van der Waals surface area contributed by atoms with E-state index >= 15 is 0 Å². The van der Waals surface area contributed by atoms with Crippen LogP contribution in [0.15, 0.2) is 71.1 Å². The number of carboxylic acids is 1. The summed E-state index contributed by atoms with van der Waals surface area (Å²) < 4.78 is 19.0. The minimum absolute atomic E-state index is 0.0307. The van der Waals surface area contributed by atoms with Crippen LogP contribution in [0.25, 0.3) is 0 Å². The van der Waals surface area contributed by atoms with Gasteiger partial charge in [-0.15, -0.1) is 0 Å². The standard InChI is InChI=1S/C29H28FNO5/c30-20-11-7-18(8-12-20)17-36-21-13-9-19(10-14-21)27-28-22(3-1-5-24(28)32)31(16-15-26(34)35)23-4-2-6-25(33)29(23)27/h7-14,27H,1-6,15-17H2,(H,34,35). The first-order valence-electron chi connectivity index (χ1n) is 12.4. The van der Waals surface area contributed by atoms with E-state index < -0.39 is 11.9 Å². The number of Topliss-reactive ketones (excluding diaryl/α,β-unsaturated/α-hetero) is 2. The van der Waals surface area contributed by atoms with Crippen molar-refractivity contribution in [2.45, 2.75) is 57.5 Å². The second-order valence-electron chi connectivity index (χ2n) is 9.49. The molecule has 0 saturated heterocycles. The third kappa shape index (κ3) is 4.70. The maximum atomic E-state index is 13.2. The molecule has 36 heavy (non-hydrogen) atoms. The second-order valence-corrected chi connectivity index (χ2v) is 9.49.